The quantitative estimate of drug-likeness (QED) is 0.903. The normalized spacial score (nSPS) is 13.5. The Morgan fingerprint density at radius 2 is 1.67 bits per heavy atom. The zero-order chi connectivity index (χ0) is 14.8. The van der Waals surface area contributed by atoms with Gasteiger partial charge in [-0.2, -0.15) is 0 Å². The molecule has 2 aromatic rings. The van der Waals surface area contributed by atoms with Crippen molar-refractivity contribution < 1.29 is 9.63 Å². The summed E-state index contributed by atoms with van der Waals surface area (Å²) >= 11 is 0. The Kier molecular flexibility index (Phi) is 3.17. The fourth-order valence-electron chi connectivity index (χ4n) is 1.91. The van der Waals surface area contributed by atoms with Gasteiger partial charge >= 0.3 is 5.97 Å². The van der Waals surface area contributed by atoms with Gasteiger partial charge in [-0.05, 0) is 24.3 Å². The highest BCUT2D eigenvalue weighted by molar-refractivity contribution is 6.02. The molecule has 0 radical (unpaired) electrons. The molecule has 0 fully saturated rings. The molecule has 0 saturated carbocycles. The van der Waals surface area contributed by atoms with Crippen LogP contribution in [0, 0.1) is 5.21 Å². The highest BCUT2D eigenvalue weighted by Crippen LogP contribution is 2.32. The van der Waals surface area contributed by atoms with Crippen molar-refractivity contribution in [1.29, 1.82) is 0 Å². The van der Waals surface area contributed by atoms with Crippen molar-refractivity contribution in [3.8, 4) is 0 Å². The Bertz CT molecular complexity index is 702. The average Bonchev–Trinajstić information content (AvgIpc) is 2.52. The first-order valence-electron chi connectivity index (χ1n) is 6.14. The van der Waals surface area contributed by atoms with Crippen LogP contribution in [0.1, 0.15) is 10.4 Å². The molecule has 106 valence electrons. The van der Waals surface area contributed by atoms with Crippen molar-refractivity contribution in [2.24, 2.45) is 10.8 Å². The first-order valence-corrected chi connectivity index (χ1v) is 6.14. The van der Waals surface area contributed by atoms with E-state index < -0.39 is 5.97 Å². The number of carbonyl (C=O) groups is 1. The molecule has 0 saturated heterocycles. The lowest BCUT2D eigenvalue weighted by Crippen LogP contribution is -2.43. The lowest BCUT2D eigenvalue weighted by atomic mass is 10.2. The highest BCUT2D eigenvalue weighted by atomic mass is 16.7. The Morgan fingerprint density at radius 1 is 1.05 bits per heavy atom. The van der Waals surface area contributed by atoms with E-state index in [1.807, 2.05) is 0 Å². The molecule has 1 heterocycles. The van der Waals surface area contributed by atoms with Crippen molar-refractivity contribution in [3.63, 3.8) is 0 Å². The molecule has 0 bridgehead atoms. The molecule has 1 aliphatic heterocycles. The SMILES string of the molecule is NC1=NN([O-])c2ccccc2N1OC(=O)c1ccccc1. The van der Waals surface area contributed by atoms with Crippen molar-refractivity contribution >= 4 is 23.3 Å². The predicted molar refractivity (Wildman–Crippen MR) is 78.2 cm³/mol. The van der Waals surface area contributed by atoms with Crippen molar-refractivity contribution in [2.45, 2.75) is 0 Å². The molecule has 0 unspecified atom stereocenters. The summed E-state index contributed by atoms with van der Waals surface area (Å²) in [5.41, 5.74) is 6.63. The molecular formula is C14H11N4O3-. The van der Waals surface area contributed by atoms with Crippen molar-refractivity contribution in [2.75, 3.05) is 10.2 Å². The van der Waals surface area contributed by atoms with Crippen LogP contribution in [0.2, 0.25) is 0 Å². The average molecular weight is 283 g/mol. The number of benzene rings is 2. The molecule has 0 aromatic heterocycles. The van der Waals surface area contributed by atoms with E-state index >= 15 is 0 Å². The molecule has 0 aliphatic carbocycles. The third-order valence-electron chi connectivity index (χ3n) is 2.89. The lowest BCUT2D eigenvalue weighted by Gasteiger charge is -2.35. The number of hydrogen-bond donors (Lipinski definition) is 1. The van der Waals surface area contributed by atoms with Crippen LogP contribution in [0.3, 0.4) is 0 Å². The number of hydroxylamine groups is 1. The molecule has 0 amide bonds. The van der Waals surface area contributed by atoms with Gasteiger partial charge in [-0.15, -0.1) is 10.2 Å². The number of nitrogens with zero attached hydrogens (tertiary/aromatic N) is 3. The molecule has 2 aromatic carbocycles. The summed E-state index contributed by atoms with van der Waals surface area (Å²) in [5.74, 6) is -0.809. The minimum Gasteiger partial charge on any atom is -0.737 e. The number of para-hydroxylation sites is 2. The topological polar surface area (TPSA) is 94.2 Å². The molecular weight excluding hydrogens is 272 g/mol. The fraction of sp³-hybridized carbons (Fsp3) is 0. The van der Waals surface area contributed by atoms with Gasteiger partial charge in [0.15, 0.2) is 0 Å². The second-order valence-corrected chi connectivity index (χ2v) is 4.26. The number of anilines is 2. The molecule has 1 aliphatic rings. The van der Waals surface area contributed by atoms with Crippen LogP contribution in [-0.2, 0) is 4.84 Å². The zero-order valence-electron chi connectivity index (χ0n) is 10.8. The van der Waals surface area contributed by atoms with Crippen LogP contribution in [0.4, 0.5) is 11.4 Å². The number of fused-ring (bicyclic) bond motifs is 1. The third kappa shape index (κ3) is 2.37. The predicted octanol–water partition coefficient (Wildman–Crippen LogP) is 1.81. The van der Waals surface area contributed by atoms with Crippen LogP contribution in [0.15, 0.2) is 59.7 Å². The smallest absolute Gasteiger partial charge is 0.363 e. The molecule has 0 atom stereocenters. The number of rotatable bonds is 2. The third-order valence-corrected chi connectivity index (χ3v) is 2.89. The number of carbonyl (C=O) groups excluding carboxylic acids is 1. The molecule has 2 N–H and O–H groups in total. The largest absolute Gasteiger partial charge is 0.737 e. The van der Waals surface area contributed by atoms with E-state index in [-0.39, 0.29) is 11.6 Å². The van der Waals surface area contributed by atoms with E-state index in [1.54, 1.807) is 54.6 Å². The first kappa shape index (κ1) is 12.9. The van der Waals surface area contributed by atoms with Gasteiger partial charge < -0.3 is 21.0 Å². The lowest BCUT2D eigenvalue weighted by molar-refractivity contribution is 0.0515. The van der Waals surface area contributed by atoms with Gasteiger partial charge in [0.25, 0.3) is 5.96 Å². The Hall–Kier alpha value is -3.06. The van der Waals surface area contributed by atoms with E-state index in [9.17, 15) is 10.0 Å². The summed E-state index contributed by atoms with van der Waals surface area (Å²) in [7, 11) is 0. The maximum absolute atomic E-state index is 12.1. The summed E-state index contributed by atoms with van der Waals surface area (Å²) in [6, 6.07) is 15.0. The van der Waals surface area contributed by atoms with Crippen LogP contribution < -0.4 is 16.0 Å². The second kappa shape index (κ2) is 5.14. The van der Waals surface area contributed by atoms with Crippen molar-refractivity contribution in [1.82, 2.24) is 0 Å². The highest BCUT2D eigenvalue weighted by Gasteiger charge is 2.25. The number of hydrazone groups is 1. The number of guanidine groups is 1. The Labute approximate surface area is 120 Å². The van der Waals surface area contributed by atoms with Gasteiger partial charge in [0.05, 0.1) is 11.3 Å². The van der Waals surface area contributed by atoms with Gasteiger partial charge in [-0.1, -0.05) is 30.3 Å². The summed E-state index contributed by atoms with van der Waals surface area (Å²) < 4.78 is 0. The minimum absolute atomic E-state index is 0.215. The molecule has 7 heteroatoms. The fourth-order valence-corrected chi connectivity index (χ4v) is 1.91. The second-order valence-electron chi connectivity index (χ2n) is 4.26. The first-order chi connectivity index (χ1) is 10.2. The van der Waals surface area contributed by atoms with Crippen LogP contribution in [0.25, 0.3) is 0 Å². The number of hydrogen-bond acceptors (Lipinski definition) is 7. The zero-order valence-corrected chi connectivity index (χ0v) is 10.8. The Morgan fingerprint density at radius 3 is 2.38 bits per heavy atom. The van der Waals surface area contributed by atoms with E-state index in [4.69, 9.17) is 10.6 Å². The molecule has 3 rings (SSSR count). The van der Waals surface area contributed by atoms with E-state index in [0.717, 1.165) is 5.06 Å². The van der Waals surface area contributed by atoms with E-state index in [2.05, 4.69) is 5.10 Å². The number of nitrogens with two attached hydrogens (primary N) is 1. The standard InChI is InChI=1S/C14H11N4O3/c15-14-16-18(20)12-9-5-4-8-11(12)17(14)21-13(19)10-6-2-1-3-7-10/h1-9H,(H2,15,16)/q-1. The monoisotopic (exact) mass is 283 g/mol. The van der Waals surface area contributed by atoms with E-state index in [1.165, 1.54) is 0 Å². The van der Waals surface area contributed by atoms with Crippen LogP contribution in [0.5, 0.6) is 0 Å². The maximum Gasteiger partial charge on any atom is 0.363 e. The molecule has 0 spiro atoms. The maximum atomic E-state index is 12.1. The van der Waals surface area contributed by atoms with E-state index in [0.29, 0.717) is 16.4 Å². The van der Waals surface area contributed by atoms with Gasteiger partial charge in [0.2, 0.25) is 0 Å². The summed E-state index contributed by atoms with van der Waals surface area (Å²) in [4.78, 5) is 17.3. The van der Waals surface area contributed by atoms with Crippen LogP contribution >= 0.6 is 0 Å². The minimum atomic E-state index is -0.595. The summed E-state index contributed by atoms with van der Waals surface area (Å²) in [5, 5.41) is 16.7. The molecule has 7 nitrogen and oxygen atoms in total. The Balaban J connectivity index is 1.91. The van der Waals surface area contributed by atoms with Gasteiger partial charge in [-0.3, -0.25) is 0 Å². The van der Waals surface area contributed by atoms with Gasteiger partial charge in [-0.25, -0.2) is 4.79 Å². The van der Waals surface area contributed by atoms with Gasteiger partial charge in [0.1, 0.15) is 5.69 Å². The summed E-state index contributed by atoms with van der Waals surface area (Å²) in [6.45, 7) is 0. The van der Waals surface area contributed by atoms with Crippen LogP contribution in [-0.4, -0.2) is 11.9 Å². The van der Waals surface area contributed by atoms with Gasteiger partial charge in [0, 0.05) is 0 Å². The summed E-state index contributed by atoms with van der Waals surface area (Å²) in [6.07, 6.45) is 0. The molecule has 21 heavy (non-hydrogen) atoms. The van der Waals surface area contributed by atoms with Crippen molar-refractivity contribution in [3.05, 3.63) is 65.4 Å².